The van der Waals surface area contributed by atoms with Crippen molar-refractivity contribution in [3.63, 3.8) is 0 Å². The van der Waals surface area contributed by atoms with Crippen LogP contribution < -0.4 is 5.73 Å². The Morgan fingerprint density at radius 3 is 2.67 bits per heavy atom. The molecule has 0 atom stereocenters. The van der Waals surface area contributed by atoms with Gasteiger partial charge in [-0.3, -0.25) is 4.98 Å². The number of nitrogen functional groups attached to an aromatic ring is 1. The van der Waals surface area contributed by atoms with Gasteiger partial charge < -0.3 is 5.73 Å². The van der Waals surface area contributed by atoms with Crippen LogP contribution in [-0.4, -0.2) is 4.98 Å². The second-order valence-corrected chi connectivity index (χ2v) is 4.18. The zero-order valence-electron chi connectivity index (χ0n) is 8.22. The van der Waals surface area contributed by atoms with Crippen molar-refractivity contribution in [1.29, 1.82) is 0 Å². The van der Waals surface area contributed by atoms with Crippen molar-refractivity contribution in [2.45, 2.75) is 13.3 Å². The van der Waals surface area contributed by atoms with Crippen LogP contribution in [0.1, 0.15) is 12.6 Å². The van der Waals surface area contributed by atoms with E-state index in [2.05, 4.69) is 4.98 Å². The summed E-state index contributed by atoms with van der Waals surface area (Å²) in [6.45, 7) is 2.03. The van der Waals surface area contributed by atoms with Gasteiger partial charge in [-0.2, -0.15) is 0 Å². The fourth-order valence-corrected chi connectivity index (χ4v) is 2.05. The molecular formula is C11H10Cl2N2. The van der Waals surface area contributed by atoms with Crippen LogP contribution in [0.2, 0.25) is 10.0 Å². The van der Waals surface area contributed by atoms with Crippen LogP contribution in [0, 0.1) is 0 Å². The molecule has 2 nitrogen and oxygen atoms in total. The quantitative estimate of drug-likeness (QED) is 0.826. The summed E-state index contributed by atoms with van der Waals surface area (Å²) in [5, 5.41) is 1.93. The number of rotatable bonds is 1. The van der Waals surface area contributed by atoms with Gasteiger partial charge in [0.2, 0.25) is 0 Å². The van der Waals surface area contributed by atoms with Gasteiger partial charge in [-0.05, 0) is 24.6 Å². The summed E-state index contributed by atoms with van der Waals surface area (Å²) in [4.78, 5) is 4.42. The van der Waals surface area contributed by atoms with Gasteiger partial charge in [0.25, 0.3) is 0 Å². The molecule has 1 heterocycles. The van der Waals surface area contributed by atoms with Crippen molar-refractivity contribution in [2.24, 2.45) is 0 Å². The zero-order chi connectivity index (χ0) is 11.0. The van der Waals surface area contributed by atoms with E-state index in [-0.39, 0.29) is 0 Å². The van der Waals surface area contributed by atoms with E-state index in [4.69, 9.17) is 28.9 Å². The number of fused-ring (bicyclic) bond motifs is 1. The van der Waals surface area contributed by atoms with Crippen LogP contribution in [0.25, 0.3) is 10.9 Å². The van der Waals surface area contributed by atoms with Gasteiger partial charge in [0.15, 0.2) is 0 Å². The number of benzene rings is 1. The average molecular weight is 241 g/mol. The molecule has 0 aliphatic rings. The third kappa shape index (κ3) is 1.87. The zero-order valence-corrected chi connectivity index (χ0v) is 9.73. The molecule has 1 aromatic carbocycles. The Kier molecular flexibility index (Phi) is 2.72. The molecule has 1 aromatic heterocycles. The third-order valence-corrected chi connectivity index (χ3v) is 2.79. The van der Waals surface area contributed by atoms with E-state index in [1.165, 1.54) is 0 Å². The number of hydrogen-bond donors (Lipinski definition) is 1. The molecule has 2 N–H and O–H groups in total. The number of halogens is 2. The average Bonchev–Trinajstić information content (AvgIpc) is 2.19. The highest BCUT2D eigenvalue weighted by Crippen LogP contribution is 2.30. The molecule has 78 valence electrons. The van der Waals surface area contributed by atoms with Gasteiger partial charge in [-0.25, -0.2) is 0 Å². The van der Waals surface area contributed by atoms with Gasteiger partial charge >= 0.3 is 0 Å². The lowest BCUT2D eigenvalue weighted by atomic mass is 10.1. The summed E-state index contributed by atoms with van der Waals surface area (Å²) in [6.07, 6.45) is 0.832. The summed E-state index contributed by atoms with van der Waals surface area (Å²) >= 11 is 12.0. The number of pyridine rings is 1. The molecule has 0 saturated carbocycles. The molecule has 0 fully saturated rings. The Hall–Kier alpha value is -0.990. The molecule has 2 rings (SSSR count). The summed E-state index contributed by atoms with van der Waals surface area (Å²) < 4.78 is 0. The number of hydrogen-bond acceptors (Lipinski definition) is 2. The van der Waals surface area contributed by atoms with Crippen LogP contribution >= 0.6 is 23.2 Å². The molecule has 0 spiro atoms. The highest BCUT2D eigenvalue weighted by Gasteiger charge is 2.07. The van der Waals surface area contributed by atoms with E-state index in [0.29, 0.717) is 15.7 Å². The normalized spacial score (nSPS) is 10.9. The van der Waals surface area contributed by atoms with Gasteiger partial charge in [0.05, 0.1) is 10.5 Å². The van der Waals surface area contributed by atoms with Gasteiger partial charge in [0.1, 0.15) is 0 Å². The topological polar surface area (TPSA) is 38.9 Å². The number of nitrogens with zero attached hydrogens (tertiary/aromatic N) is 1. The number of aryl methyl sites for hydroxylation is 1. The third-order valence-electron chi connectivity index (χ3n) is 2.28. The van der Waals surface area contributed by atoms with E-state index < -0.39 is 0 Å². The van der Waals surface area contributed by atoms with E-state index in [9.17, 15) is 0 Å². The predicted molar refractivity (Wildman–Crippen MR) is 65.6 cm³/mol. The molecule has 0 amide bonds. The van der Waals surface area contributed by atoms with Crippen LogP contribution in [0.3, 0.4) is 0 Å². The first-order chi connectivity index (χ1) is 7.11. The maximum Gasteiger partial charge on any atom is 0.0913 e. The summed E-state index contributed by atoms with van der Waals surface area (Å²) in [5.74, 6) is 0. The highest BCUT2D eigenvalue weighted by molar-refractivity contribution is 6.38. The summed E-state index contributed by atoms with van der Waals surface area (Å²) in [7, 11) is 0. The lowest BCUT2D eigenvalue weighted by Crippen LogP contribution is -1.95. The monoisotopic (exact) mass is 240 g/mol. The molecule has 2 aromatic rings. The number of anilines is 1. The molecule has 0 unspecified atom stereocenters. The minimum Gasteiger partial charge on any atom is -0.398 e. The Morgan fingerprint density at radius 1 is 1.27 bits per heavy atom. The van der Waals surface area contributed by atoms with Crippen molar-refractivity contribution >= 4 is 39.8 Å². The van der Waals surface area contributed by atoms with Crippen LogP contribution in [0.4, 0.5) is 5.69 Å². The van der Waals surface area contributed by atoms with Crippen molar-refractivity contribution in [3.8, 4) is 0 Å². The second-order valence-electron chi connectivity index (χ2n) is 3.34. The molecule has 0 aliphatic heterocycles. The Balaban J connectivity index is 2.85. The number of nitrogens with two attached hydrogens (primary N) is 1. The van der Waals surface area contributed by atoms with Crippen molar-refractivity contribution in [2.75, 3.05) is 5.73 Å². The molecule has 0 radical (unpaired) electrons. The molecule has 4 heteroatoms. The smallest absolute Gasteiger partial charge is 0.0913 e. The van der Waals surface area contributed by atoms with Gasteiger partial charge in [-0.15, -0.1) is 0 Å². The molecule has 0 bridgehead atoms. The Morgan fingerprint density at radius 2 is 2.00 bits per heavy atom. The maximum atomic E-state index is 6.06. The molecule has 15 heavy (non-hydrogen) atoms. The summed E-state index contributed by atoms with van der Waals surface area (Å²) in [6, 6.07) is 5.32. The van der Waals surface area contributed by atoms with Crippen molar-refractivity contribution in [1.82, 2.24) is 4.98 Å². The van der Waals surface area contributed by atoms with E-state index in [1.54, 1.807) is 12.1 Å². The lowest BCUT2D eigenvalue weighted by molar-refractivity contribution is 1.06. The maximum absolute atomic E-state index is 6.06. The van der Waals surface area contributed by atoms with Crippen LogP contribution in [0.15, 0.2) is 18.2 Å². The van der Waals surface area contributed by atoms with Crippen molar-refractivity contribution < 1.29 is 0 Å². The van der Waals surface area contributed by atoms with Crippen LogP contribution in [-0.2, 0) is 6.42 Å². The van der Waals surface area contributed by atoms with E-state index in [0.717, 1.165) is 23.0 Å². The first-order valence-corrected chi connectivity index (χ1v) is 5.41. The van der Waals surface area contributed by atoms with E-state index >= 15 is 0 Å². The standard InChI is InChI=1S/C11H10Cl2N2/c1-2-7-5-10(14)8-3-6(12)4-9(13)11(8)15-7/h3-5H,2H2,1H3,(H2,14,15). The predicted octanol–water partition coefficient (Wildman–Crippen LogP) is 3.69. The first-order valence-electron chi connectivity index (χ1n) is 4.66. The SMILES string of the molecule is CCc1cc(N)c2cc(Cl)cc(Cl)c2n1. The molecule has 0 aliphatic carbocycles. The summed E-state index contributed by atoms with van der Waals surface area (Å²) in [5.41, 5.74) is 8.24. The lowest BCUT2D eigenvalue weighted by Gasteiger charge is -2.06. The fraction of sp³-hybridized carbons (Fsp3) is 0.182. The Bertz CT molecular complexity index is 523. The van der Waals surface area contributed by atoms with Gasteiger partial charge in [-0.1, -0.05) is 30.1 Å². The largest absolute Gasteiger partial charge is 0.398 e. The van der Waals surface area contributed by atoms with E-state index in [1.807, 2.05) is 13.0 Å². The molecular weight excluding hydrogens is 231 g/mol. The van der Waals surface area contributed by atoms with Gasteiger partial charge in [0, 0.05) is 21.8 Å². The minimum atomic E-state index is 0.541. The van der Waals surface area contributed by atoms with Crippen LogP contribution in [0.5, 0.6) is 0 Å². The fourth-order valence-electron chi connectivity index (χ4n) is 1.51. The minimum absolute atomic E-state index is 0.541. The van der Waals surface area contributed by atoms with Crippen molar-refractivity contribution in [3.05, 3.63) is 33.9 Å². The second kappa shape index (κ2) is 3.87. The number of aromatic nitrogens is 1. The first kappa shape index (κ1) is 10.5. The Labute approximate surface area is 98.0 Å². The molecule has 0 saturated heterocycles. The highest BCUT2D eigenvalue weighted by atomic mass is 35.5.